The van der Waals surface area contributed by atoms with Gasteiger partial charge < -0.3 is 14.5 Å². The van der Waals surface area contributed by atoms with Gasteiger partial charge in [-0.25, -0.2) is 4.98 Å². The van der Waals surface area contributed by atoms with E-state index in [0.717, 1.165) is 65.6 Å². The third kappa shape index (κ3) is 3.74. The van der Waals surface area contributed by atoms with Crippen LogP contribution < -0.4 is 9.64 Å². The van der Waals surface area contributed by atoms with E-state index in [1.165, 1.54) is 0 Å². The van der Waals surface area contributed by atoms with Crippen LogP contribution in [0.25, 0.3) is 21.3 Å². The molecule has 0 unspecified atom stereocenters. The predicted molar refractivity (Wildman–Crippen MR) is 113 cm³/mol. The highest BCUT2D eigenvalue weighted by Gasteiger charge is 2.23. The number of benzene rings is 1. The Kier molecular flexibility index (Phi) is 5.48. The van der Waals surface area contributed by atoms with Gasteiger partial charge in [0, 0.05) is 37.1 Å². The van der Waals surface area contributed by atoms with Crippen molar-refractivity contribution in [2.75, 3.05) is 44.2 Å². The topological polar surface area (TPSA) is 41.5 Å². The SMILES string of the molecule is CCOc1ccc(-c2csc3nc(Cl)nc(N4CCN(CC)CC4)c23)cc1. The Bertz CT molecular complexity index is 920. The summed E-state index contributed by atoms with van der Waals surface area (Å²) in [5.41, 5.74) is 2.30. The number of hydrogen-bond acceptors (Lipinski definition) is 6. The first-order valence-electron chi connectivity index (χ1n) is 9.35. The Labute approximate surface area is 168 Å². The van der Waals surface area contributed by atoms with Gasteiger partial charge >= 0.3 is 0 Å². The van der Waals surface area contributed by atoms with E-state index in [4.69, 9.17) is 16.3 Å². The first kappa shape index (κ1) is 18.5. The third-order valence-corrected chi connectivity index (χ3v) is 6.02. The third-order valence-electron chi connectivity index (χ3n) is 4.98. The number of halogens is 1. The van der Waals surface area contributed by atoms with Crippen molar-refractivity contribution in [3.63, 3.8) is 0 Å². The van der Waals surface area contributed by atoms with Gasteiger partial charge in [0.2, 0.25) is 5.28 Å². The van der Waals surface area contributed by atoms with E-state index in [0.29, 0.717) is 11.9 Å². The van der Waals surface area contributed by atoms with Gasteiger partial charge in [-0.3, -0.25) is 0 Å². The molecule has 0 amide bonds. The number of nitrogens with zero attached hydrogens (tertiary/aromatic N) is 4. The van der Waals surface area contributed by atoms with E-state index >= 15 is 0 Å². The molecule has 2 aromatic heterocycles. The summed E-state index contributed by atoms with van der Waals surface area (Å²) < 4.78 is 5.57. The number of aromatic nitrogens is 2. The quantitative estimate of drug-likeness (QED) is 0.585. The summed E-state index contributed by atoms with van der Waals surface area (Å²) in [5, 5.41) is 3.56. The van der Waals surface area contributed by atoms with E-state index in [-0.39, 0.29) is 0 Å². The zero-order chi connectivity index (χ0) is 18.8. The Morgan fingerprint density at radius 2 is 1.81 bits per heavy atom. The summed E-state index contributed by atoms with van der Waals surface area (Å²) in [7, 11) is 0. The second-order valence-corrected chi connectivity index (χ2v) is 7.72. The van der Waals surface area contributed by atoms with Gasteiger partial charge in [-0.1, -0.05) is 19.1 Å². The van der Waals surface area contributed by atoms with Crippen LogP contribution in [0.15, 0.2) is 29.6 Å². The molecule has 5 nitrogen and oxygen atoms in total. The molecule has 4 rings (SSSR count). The molecule has 3 aromatic rings. The smallest absolute Gasteiger partial charge is 0.225 e. The summed E-state index contributed by atoms with van der Waals surface area (Å²) in [5.74, 6) is 1.84. The van der Waals surface area contributed by atoms with E-state index in [2.05, 4.69) is 44.2 Å². The van der Waals surface area contributed by atoms with E-state index in [1.54, 1.807) is 11.3 Å². The van der Waals surface area contributed by atoms with Crippen molar-refractivity contribution < 1.29 is 4.74 Å². The molecule has 0 saturated carbocycles. The van der Waals surface area contributed by atoms with Gasteiger partial charge in [-0.2, -0.15) is 4.98 Å². The maximum absolute atomic E-state index is 6.24. The monoisotopic (exact) mass is 402 g/mol. The van der Waals surface area contributed by atoms with Gasteiger partial charge in [-0.15, -0.1) is 11.3 Å². The number of likely N-dealkylation sites (N-methyl/N-ethyl adjacent to an activating group) is 1. The van der Waals surface area contributed by atoms with Crippen LogP contribution in [-0.4, -0.2) is 54.2 Å². The molecule has 27 heavy (non-hydrogen) atoms. The molecule has 1 aliphatic rings. The maximum Gasteiger partial charge on any atom is 0.225 e. The molecule has 1 aliphatic heterocycles. The second-order valence-electron chi connectivity index (χ2n) is 6.52. The van der Waals surface area contributed by atoms with Crippen LogP contribution in [0.1, 0.15) is 13.8 Å². The van der Waals surface area contributed by atoms with Crippen LogP contribution in [-0.2, 0) is 0 Å². The largest absolute Gasteiger partial charge is 0.494 e. The van der Waals surface area contributed by atoms with Crippen LogP contribution in [0.2, 0.25) is 5.28 Å². The Balaban J connectivity index is 1.74. The minimum Gasteiger partial charge on any atom is -0.494 e. The Morgan fingerprint density at radius 1 is 1.07 bits per heavy atom. The van der Waals surface area contributed by atoms with Crippen molar-refractivity contribution in [2.24, 2.45) is 0 Å². The van der Waals surface area contributed by atoms with Crippen molar-refractivity contribution in [2.45, 2.75) is 13.8 Å². The molecule has 0 atom stereocenters. The molecule has 0 N–H and O–H groups in total. The lowest BCUT2D eigenvalue weighted by Crippen LogP contribution is -2.46. The number of hydrogen-bond donors (Lipinski definition) is 0. The second kappa shape index (κ2) is 8.00. The molecule has 1 saturated heterocycles. The van der Waals surface area contributed by atoms with E-state index < -0.39 is 0 Å². The zero-order valence-electron chi connectivity index (χ0n) is 15.6. The van der Waals surface area contributed by atoms with E-state index in [1.807, 2.05) is 19.1 Å². The number of ether oxygens (including phenoxy) is 1. The number of fused-ring (bicyclic) bond motifs is 1. The van der Waals surface area contributed by atoms with Crippen molar-refractivity contribution >= 4 is 39.0 Å². The van der Waals surface area contributed by atoms with E-state index in [9.17, 15) is 0 Å². The minimum absolute atomic E-state index is 0.315. The fraction of sp³-hybridized carbons (Fsp3) is 0.400. The summed E-state index contributed by atoms with van der Waals surface area (Å²) in [6.45, 7) is 9.95. The minimum atomic E-state index is 0.315. The highest BCUT2D eigenvalue weighted by molar-refractivity contribution is 7.17. The average Bonchev–Trinajstić information content (AvgIpc) is 3.12. The van der Waals surface area contributed by atoms with Crippen LogP contribution in [0.3, 0.4) is 0 Å². The average molecular weight is 403 g/mol. The standard InChI is InChI=1S/C20H23ClN4OS/c1-3-24-9-11-25(12-10-24)18-17-16(13-27-19(17)23-20(21)22-18)14-5-7-15(8-6-14)26-4-2/h5-8,13H,3-4,9-12H2,1-2H3. The lowest BCUT2D eigenvalue weighted by atomic mass is 10.1. The first-order valence-corrected chi connectivity index (χ1v) is 10.6. The van der Waals surface area contributed by atoms with Crippen LogP contribution in [0, 0.1) is 0 Å². The lowest BCUT2D eigenvalue weighted by molar-refractivity contribution is 0.271. The van der Waals surface area contributed by atoms with Crippen LogP contribution >= 0.6 is 22.9 Å². The molecule has 0 radical (unpaired) electrons. The van der Waals surface area contributed by atoms with Crippen molar-refractivity contribution in [1.29, 1.82) is 0 Å². The molecule has 7 heteroatoms. The number of rotatable bonds is 5. The van der Waals surface area contributed by atoms with Gasteiger partial charge in [0.05, 0.1) is 12.0 Å². The maximum atomic E-state index is 6.24. The highest BCUT2D eigenvalue weighted by Crippen LogP contribution is 2.39. The van der Waals surface area contributed by atoms with Gasteiger partial charge in [-0.05, 0) is 42.8 Å². The van der Waals surface area contributed by atoms with Crippen molar-refractivity contribution in [1.82, 2.24) is 14.9 Å². The summed E-state index contributed by atoms with van der Waals surface area (Å²) in [6.07, 6.45) is 0. The van der Waals surface area contributed by atoms with Gasteiger partial charge in [0.15, 0.2) is 0 Å². The summed E-state index contributed by atoms with van der Waals surface area (Å²) >= 11 is 7.86. The Hall–Kier alpha value is -1.89. The highest BCUT2D eigenvalue weighted by atomic mass is 35.5. The Morgan fingerprint density at radius 3 is 2.48 bits per heavy atom. The summed E-state index contributed by atoms with van der Waals surface area (Å²) in [4.78, 5) is 14.8. The molecular weight excluding hydrogens is 380 g/mol. The lowest BCUT2D eigenvalue weighted by Gasteiger charge is -2.35. The molecular formula is C20H23ClN4OS. The van der Waals surface area contributed by atoms with Crippen molar-refractivity contribution in [3.8, 4) is 16.9 Å². The molecule has 1 fully saturated rings. The first-order chi connectivity index (χ1) is 13.2. The fourth-order valence-electron chi connectivity index (χ4n) is 3.51. The molecule has 0 aliphatic carbocycles. The number of piperazine rings is 1. The molecule has 0 spiro atoms. The van der Waals surface area contributed by atoms with Gasteiger partial charge in [0.25, 0.3) is 0 Å². The summed E-state index contributed by atoms with van der Waals surface area (Å²) in [6, 6.07) is 8.22. The zero-order valence-corrected chi connectivity index (χ0v) is 17.2. The van der Waals surface area contributed by atoms with Gasteiger partial charge in [0.1, 0.15) is 16.4 Å². The molecule has 1 aromatic carbocycles. The van der Waals surface area contributed by atoms with Crippen LogP contribution in [0.5, 0.6) is 5.75 Å². The van der Waals surface area contributed by atoms with Crippen LogP contribution in [0.4, 0.5) is 5.82 Å². The molecule has 142 valence electrons. The number of anilines is 1. The fourth-order valence-corrected chi connectivity index (χ4v) is 4.67. The van der Waals surface area contributed by atoms with Crippen molar-refractivity contribution in [3.05, 3.63) is 34.9 Å². The molecule has 0 bridgehead atoms. The number of thiophene rings is 1. The molecule has 3 heterocycles. The normalized spacial score (nSPS) is 15.4. The predicted octanol–water partition coefficient (Wildman–Crippen LogP) is 4.55.